The van der Waals surface area contributed by atoms with Crippen LogP contribution in [-0.4, -0.2) is 31.3 Å². The molecule has 5 heteroatoms. The van der Waals surface area contributed by atoms with E-state index < -0.39 is 0 Å². The Labute approximate surface area is 89.3 Å². The first-order valence-electron chi connectivity index (χ1n) is 4.56. The third-order valence-corrected chi connectivity index (χ3v) is 1.39. The lowest BCUT2D eigenvalue weighted by atomic mass is 10.5. The van der Waals surface area contributed by atoms with E-state index in [1.54, 1.807) is 0 Å². The van der Waals surface area contributed by atoms with Gasteiger partial charge in [0, 0.05) is 25.5 Å². The van der Waals surface area contributed by atoms with Gasteiger partial charge in [0.15, 0.2) is 12.1 Å². The number of morpholine rings is 1. The van der Waals surface area contributed by atoms with Crippen molar-refractivity contribution >= 4 is 0 Å². The number of nitrogens with one attached hydrogen (secondary N) is 2. The van der Waals surface area contributed by atoms with Gasteiger partial charge >= 0.3 is 0 Å². The van der Waals surface area contributed by atoms with Crippen molar-refractivity contribution in [1.82, 2.24) is 10.3 Å². The molecule has 0 spiro atoms. The highest BCUT2D eigenvalue weighted by Gasteiger charge is 1.92. The van der Waals surface area contributed by atoms with E-state index in [9.17, 15) is 0 Å². The van der Waals surface area contributed by atoms with Crippen molar-refractivity contribution in [2.24, 2.45) is 0 Å². The normalized spacial score (nSPS) is 12.9. The van der Waals surface area contributed by atoms with Crippen LogP contribution in [-0.2, 0) is 4.74 Å². The van der Waals surface area contributed by atoms with Gasteiger partial charge in [-0.25, -0.2) is 0 Å². The van der Waals surface area contributed by atoms with Crippen LogP contribution in [0.1, 0.15) is 0 Å². The fourth-order valence-electron chi connectivity index (χ4n) is 0.794. The first-order valence-corrected chi connectivity index (χ1v) is 4.56. The summed E-state index contributed by atoms with van der Waals surface area (Å²) in [6.45, 7) is 3.83. The molecule has 15 heavy (non-hydrogen) atoms. The average molecular weight is 206 g/mol. The quantitative estimate of drug-likeness (QED) is 0.652. The Hall–Kier alpha value is -1.82. The summed E-state index contributed by atoms with van der Waals surface area (Å²) in [5.74, 6) is 0. The van der Waals surface area contributed by atoms with Crippen molar-refractivity contribution in [3.8, 4) is 12.1 Å². The van der Waals surface area contributed by atoms with Crippen LogP contribution in [0.2, 0.25) is 0 Å². The van der Waals surface area contributed by atoms with E-state index >= 15 is 0 Å². The van der Waals surface area contributed by atoms with Gasteiger partial charge in [-0.3, -0.25) is 0 Å². The minimum absolute atomic E-state index is 0.889. The summed E-state index contributed by atoms with van der Waals surface area (Å²) in [6.07, 6.45) is 3.75. The molecule has 1 aliphatic heterocycles. The van der Waals surface area contributed by atoms with E-state index in [1.165, 1.54) is 12.1 Å². The van der Waals surface area contributed by atoms with E-state index in [-0.39, 0.29) is 0 Å². The van der Waals surface area contributed by atoms with Gasteiger partial charge in [0.25, 0.3) is 0 Å². The second-order valence-electron chi connectivity index (χ2n) is 2.47. The number of aromatic amines is 1. The number of hydrogen-bond acceptors (Lipinski definition) is 4. The maximum Gasteiger partial charge on any atom is 0.181 e. The molecule has 0 saturated carbocycles. The monoisotopic (exact) mass is 206 g/mol. The maximum absolute atomic E-state index is 7.26. The van der Waals surface area contributed by atoms with Crippen LogP contribution in [0.5, 0.6) is 0 Å². The molecule has 0 aliphatic carbocycles. The largest absolute Gasteiger partial charge is 0.379 e. The summed E-state index contributed by atoms with van der Waals surface area (Å²) >= 11 is 0. The average Bonchev–Trinajstić information content (AvgIpc) is 2.90. The van der Waals surface area contributed by atoms with Gasteiger partial charge in [0.05, 0.1) is 13.2 Å². The van der Waals surface area contributed by atoms with Gasteiger partial charge in [0.1, 0.15) is 0 Å². The molecule has 5 nitrogen and oxygen atoms in total. The number of nitrogens with zero attached hydrogens (tertiary/aromatic N) is 2. The Morgan fingerprint density at radius 1 is 1.00 bits per heavy atom. The molecule has 0 unspecified atom stereocenters. The number of H-pyrrole nitrogens is 1. The lowest BCUT2D eigenvalue weighted by Crippen LogP contribution is -2.30. The Morgan fingerprint density at radius 3 is 1.67 bits per heavy atom. The molecule has 1 aliphatic rings. The fourth-order valence-corrected chi connectivity index (χ4v) is 0.794. The summed E-state index contributed by atoms with van der Waals surface area (Å²) in [5.41, 5.74) is 0. The number of rotatable bonds is 0. The summed E-state index contributed by atoms with van der Waals surface area (Å²) in [4.78, 5) is 2.86. The summed E-state index contributed by atoms with van der Waals surface area (Å²) in [5, 5.41) is 17.7. The Morgan fingerprint density at radius 2 is 1.53 bits per heavy atom. The standard InChI is InChI=1S/C4H9NO.C4H5N.C2N2/c1-3-6-4-2-5-1;1-2-4-5-3-1;3-1-2-4/h5H,1-4H2;1-5H;. The molecule has 1 saturated heterocycles. The highest BCUT2D eigenvalue weighted by molar-refractivity contribution is 4.99. The van der Waals surface area contributed by atoms with Crippen molar-refractivity contribution in [3.63, 3.8) is 0 Å². The second-order valence-corrected chi connectivity index (χ2v) is 2.47. The predicted molar refractivity (Wildman–Crippen MR) is 55.7 cm³/mol. The lowest BCUT2D eigenvalue weighted by molar-refractivity contribution is 0.109. The van der Waals surface area contributed by atoms with E-state index in [4.69, 9.17) is 15.3 Å². The molecule has 2 rings (SSSR count). The van der Waals surface area contributed by atoms with Crippen molar-refractivity contribution in [1.29, 1.82) is 10.5 Å². The fraction of sp³-hybridized carbons (Fsp3) is 0.400. The molecule has 2 N–H and O–H groups in total. The zero-order valence-electron chi connectivity index (χ0n) is 8.44. The van der Waals surface area contributed by atoms with Gasteiger partial charge in [-0.15, -0.1) is 0 Å². The summed E-state index contributed by atoms with van der Waals surface area (Å²) in [7, 11) is 0. The predicted octanol–water partition coefficient (Wildman–Crippen LogP) is 0.654. The third kappa shape index (κ3) is 12.2. The summed E-state index contributed by atoms with van der Waals surface area (Å²) < 4.78 is 5.01. The molecule has 0 amide bonds. The Balaban J connectivity index is 0.000000202. The van der Waals surface area contributed by atoms with Crippen LogP contribution in [0.4, 0.5) is 0 Å². The number of ether oxygens (including phenoxy) is 1. The number of nitriles is 2. The lowest BCUT2D eigenvalue weighted by Gasteiger charge is -2.10. The zero-order valence-corrected chi connectivity index (χ0v) is 8.44. The zero-order chi connectivity index (χ0) is 11.2. The van der Waals surface area contributed by atoms with E-state index in [1.807, 2.05) is 24.5 Å². The minimum atomic E-state index is 0.889. The molecular formula is C10H14N4O. The van der Waals surface area contributed by atoms with Gasteiger partial charge in [0.2, 0.25) is 0 Å². The first-order chi connectivity index (χ1) is 7.41. The number of hydrogen-bond donors (Lipinski definition) is 2. The molecule has 0 atom stereocenters. The molecule has 80 valence electrons. The van der Waals surface area contributed by atoms with Crippen LogP contribution in [0.25, 0.3) is 0 Å². The topological polar surface area (TPSA) is 84.6 Å². The van der Waals surface area contributed by atoms with E-state index in [2.05, 4.69) is 10.3 Å². The first kappa shape index (κ1) is 13.2. The van der Waals surface area contributed by atoms with Gasteiger partial charge in [-0.2, -0.15) is 10.5 Å². The molecule has 0 radical (unpaired) electrons. The van der Waals surface area contributed by atoms with Crippen molar-refractivity contribution in [2.75, 3.05) is 26.3 Å². The van der Waals surface area contributed by atoms with Crippen molar-refractivity contribution in [2.45, 2.75) is 0 Å². The molecular weight excluding hydrogens is 192 g/mol. The highest BCUT2D eigenvalue weighted by Crippen LogP contribution is 1.76. The molecule has 0 bridgehead atoms. The van der Waals surface area contributed by atoms with E-state index in [0.717, 1.165) is 26.3 Å². The Bertz CT molecular complexity index is 239. The number of aromatic nitrogens is 1. The van der Waals surface area contributed by atoms with Gasteiger partial charge < -0.3 is 15.0 Å². The summed E-state index contributed by atoms with van der Waals surface area (Å²) in [6, 6.07) is 6.36. The minimum Gasteiger partial charge on any atom is -0.379 e. The maximum atomic E-state index is 7.26. The smallest absolute Gasteiger partial charge is 0.181 e. The second kappa shape index (κ2) is 12.2. The molecule has 1 aromatic heterocycles. The molecule has 2 heterocycles. The molecule has 1 fully saturated rings. The Kier molecular flexibility index (Phi) is 10.7. The van der Waals surface area contributed by atoms with Crippen LogP contribution in [0, 0.1) is 22.7 Å². The van der Waals surface area contributed by atoms with Crippen LogP contribution < -0.4 is 5.32 Å². The molecule has 1 aromatic rings. The van der Waals surface area contributed by atoms with Crippen LogP contribution >= 0.6 is 0 Å². The van der Waals surface area contributed by atoms with Crippen LogP contribution in [0.3, 0.4) is 0 Å². The van der Waals surface area contributed by atoms with E-state index in [0.29, 0.717) is 0 Å². The third-order valence-electron chi connectivity index (χ3n) is 1.39. The van der Waals surface area contributed by atoms with Gasteiger partial charge in [-0.1, -0.05) is 0 Å². The SMILES string of the molecule is C1COCCN1.N#CC#N.c1cc[nH]c1. The van der Waals surface area contributed by atoms with Crippen molar-refractivity contribution in [3.05, 3.63) is 24.5 Å². The van der Waals surface area contributed by atoms with Crippen molar-refractivity contribution < 1.29 is 4.74 Å². The van der Waals surface area contributed by atoms with Gasteiger partial charge in [-0.05, 0) is 12.1 Å². The highest BCUT2D eigenvalue weighted by atomic mass is 16.5. The molecule has 0 aromatic carbocycles. The van der Waals surface area contributed by atoms with Crippen LogP contribution in [0.15, 0.2) is 24.5 Å².